The highest BCUT2D eigenvalue weighted by molar-refractivity contribution is 7.18. The van der Waals surface area contributed by atoms with Crippen molar-refractivity contribution in [2.75, 3.05) is 19.6 Å². The lowest BCUT2D eigenvalue weighted by Crippen LogP contribution is -2.36. The summed E-state index contributed by atoms with van der Waals surface area (Å²) < 4.78 is 3.36. The van der Waals surface area contributed by atoms with Crippen LogP contribution in [0.2, 0.25) is 0 Å². The molecule has 1 fully saturated rings. The quantitative estimate of drug-likeness (QED) is 0.645. The molecule has 0 saturated carbocycles. The van der Waals surface area contributed by atoms with Crippen molar-refractivity contribution in [2.45, 2.75) is 32.6 Å². The molecular weight excluding hydrogens is 342 g/mol. The van der Waals surface area contributed by atoms with E-state index in [9.17, 15) is 4.79 Å². The molecule has 3 aromatic rings. The van der Waals surface area contributed by atoms with E-state index in [1.165, 1.54) is 9.71 Å². The van der Waals surface area contributed by atoms with Crippen LogP contribution in [0.3, 0.4) is 0 Å². The summed E-state index contributed by atoms with van der Waals surface area (Å²) in [5.74, 6) is 0.768. The van der Waals surface area contributed by atoms with Crippen LogP contribution in [0.4, 0.5) is 0 Å². The predicted molar refractivity (Wildman–Crippen MR) is 107 cm³/mol. The van der Waals surface area contributed by atoms with Crippen molar-refractivity contribution in [3.63, 3.8) is 0 Å². The lowest BCUT2D eigenvalue weighted by Gasteiger charge is -2.30. The lowest BCUT2D eigenvalue weighted by molar-refractivity contribution is 0.0908. The molecule has 1 aliphatic heterocycles. The van der Waals surface area contributed by atoms with Crippen molar-refractivity contribution in [1.82, 2.24) is 14.5 Å². The lowest BCUT2D eigenvalue weighted by atomic mass is 9.97. The minimum atomic E-state index is 0.240. The average Bonchev–Trinajstić information content (AvgIpc) is 3.19. The Bertz CT molecular complexity index is 914. The predicted octanol–water partition coefficient (Wildman–Crippen LogP) is 4.31. The molecule has 0 radical (unpaired) electrons. The topological polar surface area (TPSA) is 38.1 Å². The zero-order valence-corrected chi connectivity index (χ0v) is 16.5. The molecule has 1 aliphatic rings. The summed E-state index contributed by atoms with van der Waals surface area (Å²) in [4.78, 5) is 19.8. The molecule has 5 heteroatoms. The van der Waals surface area contributed by atoms with Crippen LogP contribution in [0.5, 0.6) is 0 Å². The molecule has 0 aliphatic carbocycles. The number of fused-ring (bicyclic) bond motifs is 1. The van der Waals surface area contributed by atoms with E-state index in [4.69, 9.17) is 4.98 Å². The van der Waals surface area contributed by atoms with Gasteiger partial charge in [0.2, 0.25) is 0 Å². The highest BCUT2D eigenvalue weighted by Gasteiger charge is 2.25. The number of aryl methyl sites for hydroxylation is 1. The highest BCUT2D eigenvalue weighted by Crippen LogP contribution is 2.33. The number of hydrogen-bond donors (Lipinski definition) is 0. The molecule has 0 N–H and O–H groups in total. The van der Waals surface area contributed by atoms with Gasteiger partial charge in [0.1, 0.15) is 0 Å². The number of carbonyl (C=O) groups is 1. The molecule has 4 rings (SSSR count). The maximum absolute atomic E-state index is 12.7. The Morgan fingerprint density at radius 2 is 1.96 bits per heavy atom. The average molecular weight is 368 g/mol. The fourth-order valence-electron chi connectivity index (χ4n) is 3.83. The van der Waals surface area contributed by atoms with Crippen LogP contribution in [-0.4, -0.2) is 39.9 Å². The van der Waals surface area contributed by atoms with Gasteiger partial charge in [-0.1, -0.05) is 12.1 Å². The second-order valence-electron chi connectivity index (χ2n) is 7.34. The monoisotopic (exact) mass is 367 g/mol. The SMILES string of the molecule is Cc1cc(C(=O)CN2CCC(c3nc4ccccc4s3)CC2)c(C)n1C. The van der Waals surface area contributed by atoms with Gasteiger partial charge in [-0.05, 0) is 58.0 Å². The molecule has 0 bridgehead atoms. The van der Waals surface area contributed by atoms with Gasteiger partial charge >= 0.3 is 0 Å². The van der Waals surface area contributed by atoms with E-state index in [0.717, 1.165) is 48.4 Å². The number of rotatable bonds is 4. The summed E-state index contributed by atoms with van der Waals surface area (Å²) in [7, 11) is 2.02. The maximum atomic E-state index is 12.7. The third kappa shape index (κ3) is 3.21. The molecule has 136 valence electrons. The highest BCUT2D eigenvalue weighted by atomic mass is 32.1. The van der Waals surface area contributed by atoms with Crippen LogP contribution < -0.4 is 0 Å². The van der Waals surface area contributed by atoms with Crippen molar-refractivity contribution < 1.29 is 4.79 Å². The first-order chi connectivity index (χ1) is 12.5. The number of likely N-dealkylation sites (tertiary alicyclic amines) is 1. The van der Waals surface area contributed by atoms with Crippen molar-refractivity contribution in [1.29, 1.82) is 0 Å². The standard InChI is InChI=1S/C21H25N3OS/c1-14-12-17(15(2)23(14)3)19(25)13-24-10-8-16(9-11-24)21-22-18-6-4-5-7-20(18)26-21/h4-7,12,16H,8-11,13H2,1-3H3. The molecule has 4 nitrogen and oxygen atoms in total. The Kier molecular flexibility index (Phi) is 4.67. The molecular formula is C21H25N3OS. The van der Waals surface area contributed by atoms with Crippen LogP contribution in [0.1, 0.15) is 45.5 Å². The first kappa shape index (κ1) is 17.4. The first-order valence-corrected chi connectivity index (χ1v) is 10.1. The smallest absolute Gasteiger partial charge is 0.178 e. The largest absolute Gasteiger partial charge is 0.351 e. The van der Waals surface area contributed by atoms with Gasteiger partial charge in [0.15, 0.2) is 5.78 Å². The minimum Gasteiger partial charge on any atom is -0.351 e. The van der Waals surface area contributed by atoms with E-state index in [1.807, 2.05) is 44.4 Å². The first-order valence-electron chi connectivity index (χ1n) is 9.27. The molecule has 0 amide bonds. The Balaban J connectivity index is 1.39. The maximum Gasteiger partial charge on any atom is 0.178 e. The number of para-hydroxylation sites is 1. The summed E-state index contributed by atoms with van der Waals surface area (Å²) in [6.07, 6.45) is 2.17. The van der Waals surface area contributed by atoms with Gasteiger partial charge in [0, 0.05) is 29.9 Å². The Morgan fingerprint density at radius 1 is 1.23 bits per heavy atom. The summed E-state index contributed by atoms with van der Waals surface area (Å²) in [6.45, 7) is 6.54. The van der Waals surface area contributed by atoms with E-state index in [-0.39, 0.29) is 5.78 Å². The van der Waals surface area contributed by atoms with E-state index < -0.39 is 0 Å². The third-order valence-corrected chi connectivity index (χ3v) is 6.89. The van der Waals surface area contributed by atoms with Crippen LogP contribution in [0.25, 0.3) is 10.2 Å². The molecule has 0 spiro atoms. The van der Waals surface area contributed by atoms with Gasteiger partial charge in [0.25, 0.3) is 0 Å². The number of ketones is 1. The van der Waals surface area contributed by atoms with E-state index in [0.29, 0.717) is 12.5 Å². The summed E-state index contributed by atoms with van der Waals surface area (Å²) in [6, 6.07) is 10.4. The Labute approximate surface area is 158 Å². The summed E-state index contributed by atoms with van der Waals surface area (Å²) in [5.41, 5.74) is 4.19. The molecule has 3 heterocycles. The molecule has 26 heavy (non-hydrogen) atoms. The van der Waals surface area contributed by atoms with Crippen LogP contribution in [0, 0.1) is 13.8 Å². The van der Waals surface area contributed by atoms with Gasteiger partial charge in [-0.3, -0.25) is 9.69 Å². The molecule has 1 saturated heterocycles. The second kappa shape index (κ2) is 6.97. The van der Waals surface area contributed by atoms with Gasteiger partial charge < -0.3 is 4.57 Å². The number of thiazole rings is 1. The van der Waals surface area contributed by atoms with Crippen LogP contribution in [0.15, 0.2) is 30.3 Å². The number of nitrogens with zero attached hydrogens (tertiary/aromatic N) is 3. The second-order valence-corrected chi connectivity index (χ2v) is 8.40. The van der Waals surface area contributed by atoms with Gasteiger partial charge in [-0.25, -0.2) is 4.98 Å². The third-order valence-electron chi connectivity index (χ3n) is 5.69. The molecule has 0 atom stereocenters. The van der Waals surface area contributed by atoms with Gasteiger partial charge in [0.05, 0.1) is 21.8 Å². The number of benzene rings is 1. The van der Waals surface area contributed by atoms with Gasteiger partial charge in [-0.15, -0.1) is 11.3 Å². The number of aromatic nitrogens is 2. The van der Waals surface area contributed by atoms with Crippen molar-refractivity contribution in [3.8, 4) is 0 Å². The normalized spacial score (nSPS) is 16.4. The van der Waals surface area contributed by atoms with Crippen molar-refractivity contribution in [2.24, 2.45) is 7.05 Å². The number of carbonyl (C=O) groups excluding carboxylic acids is 1. The van der Waals surface area contributed by atoms with Crippen LogP contribution >= 0.6 is 11.3 Å². The van der Waals surface area contributed by atoms with Gasteiger partial charge in [-0.2, -0.15) is 0 Å². The zero-order chi connectivity index (χ0) is 18.3. The molecule has 1 aromatic carbocycles. The number of piperidine rings is 1. The zero-order valence-electron chi connectivity index (χ0n) is 15.7. The van der Waals surface area contributed by atoms with Crippen molar-refractivity contribution >= 4 is 27.3 Å². The summed E-state index contributed by atoms with van der Waals surface area (Å²) >= 11 is 1.82. The Hall–Kier alpha value is -1.98. The number of Topliss-reactive ketones (excluding diaryl/α,β-unsaturated/α-hetero) is 1. The Morgan fingerprint density at radius 3 is 2.62 bits per heavy atom. The van der Waals surface area contributed by atoms with Crippen LogP contribution in [-0.2, 0) is 7.05 Å². The molecule has 2 aromatic heterocycles. The minimum absolute atomic E-state index is 0.240. The fraction of sp³-hybridized carbons (Fsp3) is 0.429. The molecule has 0 unspecified atom stereocenters. The van der Waals surface area contributed by atoms with E-state index in [2.05, 4.69) is 27.7 Å². The van der Waals surface area contributed by atoms with E-state index in [1.54, 1.807) is 0 Å². The summed E-state index contributed by atoms with van der Waals surface area (Å²) in [5, 5.41) is 1.26. The van der Waals surface area contributed by atoms with Crippen molar-refractivity contribution in [3.05, 3.63) is 52.3 Å². The number of hydrogen-bond acceptors (Lipinski definition) is 4. The fourth-order valence-corrected chi connectivity index (χ4v) is 4.97. The van der Waals surface area contributed by atoms with E-state index >= 15 is 0 Å².